The zero-order valence-corrected chi connectivity index (χ0v) is 16.4. The molecule has 1 atom stereocenters. The minimum absolute atomic E-state index is 0.229. The highest BCUT2D eigenvalue weighted by molar-refractivity contribution is 7.17. The number of ether oxygens (including phenoxy) is 2. The SMILES string of the molecule is CCCOC(=O)[C@H](CC)n1cnc2scc(-c3ccc(OC)cc3)c2c1=O. The van der Waals surface area contributed by atoms with E-state index in [1.807, 2.05) is 43.5 Å². The molecule has 0 unspecified atom stereocenters. The van der Waals surface area contributed by atoms with Crippen LogP contribution in [-0.2, 0) is 9.53 Å². The van der Waals surface area contributed by atoms with E-state index in [0.29, 0.717) is 23.2 Å². The van der Waals surface area contributed by atoms with Gasteiger partial charge in [0, 0.05) is 10.9 Å². The Kier molecular flexibility index (Phi) is 5.91. The molecule has 7 heteroatoms. The monoisotopic (exact) mass is 386 g/mol. The van der Waals surface area contributed by atoms with Crippen LogP contribution < -0.4 is 10.3 Å². The average molecular weight is 386 g/mol. The molecule has 0 aliphatic carbocycles. The Morgan fingerprint density at radius 2 is 2.00 bits per heavy atom. The summed E-state index contributed by atoms with van der Waals surface area (Å²) in [6.45, 7) is 4.13. The largest absolute Gasteiger partial charge is 0.497 e. The van der Waals surface area contributed by atoms with Crippen LogP contribution in [0.15, 0.2) is 40.8 Å². The molecule has 142 valence electrons. The summed E-state index contributed by atoms with van der Waals surface area (Å²) in [5.41, 5.74) is 1.48. The van der Waals surface area contributed by atoms with Gasteiger partial charge in [-0.3, -0.25) is 9.36 Å². The van der Waals surface area contributed by atoms with Gasteiger partial charge in [-0.1, -0.05) is 26.0 Å². The summed E-state index contributed by atoms with van der Waals surface area (Å²) < 4.78 is 11.8. The van der Waals surface area contributed by atoms with Crippen molar-refractivity contribution in [2.45, 2.75) is 32.7 Å². The summed E-state index contributed by atoms with van der Waals surface area (Å²) in [5, 5.41) is 2.44. The number of methoxy groups -OCH3 is 1. The van der Waals surface area contributed by atoms with Crippen molar-refractivity contribution in [3.63, 3.8) is 0 Å². The minimum atomic E-state index is -0.676. The van der Waals surface area contributed by atoms with Gasteiger partial charge in [0.25, 0.3) is 5.56 Å². The first kappa shape index (κ1) is 19.1. The van der Waals surface area contributed by atoms with Crippen LogP contribution in [0.1, 0.15) is 32.7 Å². The van der Waals surface area contributed by atoms with Crippen molar-refractivity contribution >= 4 is 27.5 Å². The van der Waals surface area contributed by atoms with Gasteiger partial charge in [-0.2, -0.15) is 0 Å². The number of thiophene rings is 1. The molecule has 0 fully saturated rings. The Morgan fingerprint density at radius 1 is 1.26 bits per heavy atom. The van der Waals surface area contributed by atoms with Gasteiger partial charge in [0.15, 0.2) is 0 Å². The molecule has 0 saturated carbocycles. The molecular weight excluding hydrogens is 364 g/mol. The second-order valence-electron chi connectivity index (χ2n) is 6.11. The molecule has 3 aromatic rings. The lowest BCUT2D eigenvalue weighted by molar-refractivity contribution is -0.147. The standard InChI is InChI=1S/C20H22N2O4S/c1-4-10-26-20(24)16(5-2)22-12-21-18-17(19(22)23)15(11-27-18)13-6-8-14(25-3)9-7-13/h6-9,11-12,16H,4-5,10H2,1-3H3/t16-/m0/s1. The maximum Gasteiger partial charge on any atom is 0.329 e. The van der Waals surface area contributed by atoms with E-state index in [-0.39, 0.29) is 5.56 Å². The third-order valence-electron chi connectivity index (χ3n) is 4.36. The number of esters is 1. The van der Waals surface area contributed by atoms with Crippen LogP contribution in [-0.4, -0.2) is 29.2 Å². The molecule has 3 rings (SSSR count). The van der Waals surface area contributed by atoms with Gasteiger partial charge in [0.1, 0.15) is 16.6 Å². The molecule has 1 aromatic carbocycles. The predicted molar refractivity (Wildman–Crippen MR) is 106 cm³/mol. The molecule has 0 radical (unpaired) electrons. The van der Waals surface area contributed by atoms with E-state index in [4.69, 9.17) is 9.47 Å². The van der Waals surface area contributed by atoms with Crippen molar-refractivity contribution in [1.29, 1.82) is 0 Å². The highest BCUT2D eigenvalue weighted by atomic mass is 32.1. The van der Waals surface area contributed by atoms with Crippen LogP contribution in [0.25, 0.3) is 21.3 Å². The maximum absolute atomic E-state index is 13.2. The highest BCUT2D eigenvalue weighted by Crippen LogP contribution is 2.32. The lowest BCUT2D eigenvalue weighted by atomic mass is 10.1. The van der Waals surface area contributed by atoms with Gasteiger partial charge >= 0.3 is 5.97 Å². The topological polar surface area (TPSA) is 70.4 Å². The molecule has 0 saturated heterocycles. The predicted octanol–water partition coefficient (Wildman–Crippen LogP) is 4.04. The molecule has 27 heavy (non-hydrogen) atoms. The van der Waals surface area contributed by atoms with Gasteiger partial charge in [0.05, 0.1) is 25.4 Å². The van der Waals surface area contributed by atoms with E-state index in [2.05, 4.69) is 4.98 Å². The van der Waals surface area contributed by atoms with Crippen LogP contribution in [0.2, 0.25) is 0 Å². The molecule has 0 N–H and O–H groups in total. The molecule has 0 spiro atoms. The maximum atomic E-state index is 13.2. The third kappa shape index (κ3) is 3.73. The number of carbonyl (C=O) groups excluding carboxylic acids is 1. The minimum Gasteiger partial charge on any atom is -0.497 e. The first-order valence-corrected chi connectivity index (χ1v) is 9.78. The van der Waals surface area contributed by atoms with E-state index in [9.17, 15) is 9.59 Å². The van der Waals surface area contributed by atoms with E-state index in [0.717, 1.165) is 23.3 Å². The molecule has 2 aromatic heterocycles. The van der Waals surface area contributed by atoms with Gasteiger partial charge < -0.3 is 9.47 Å². The Hall–Kier alpha value is -2.67. The van der Waals surface area contributed by atoms with E-state index in [1.165, 1.54) is 22.2 Å². The number of hydrogen-bond donors (Lipinski definition) is 0. The zero-order valence-electron chi connectivity index (χ0n) is 15.6. The molecule has 0 bridgehead atoms. The van der Waals surface area contributed by atoms with E-state index < -0.39 is 12.0 Å². The lowest BCUT2D eigenvalue weighted by Gasteiger charge is -2.16. The van der Waals surface area contributed by atoms with Gasteiger partial charge in [-0.25, -0.2) is 9.78 Å². The second-order valence-corrected chi connectivity index (χ2v) is 6.96. The van der Waals surface area contributed by atoms with Crippen molar-refractivity contribution in [3.05, 3.63) is 46.3 Å². The fourth-order valence-electron chi connectivity index (χ4n) is 2.93. The molecular formula is C20H22N2O4S. The fourth-order valence-corrected chi connectivity index (χ4v) is 3.83. The number of aromatic nitrogens is 2. The Morgan fingerprint density at radius 3 is 2.63 bits per heavy atom. The molecule has 0 aliphatic heterocycles. The van der Waals surface area contributed by atoms with Gasteiger partial charge in [0.2, 0.25) is 0 Å². The second kappa shape index (κ2) is 8.35. The van der Waals surface area contributed by atoms with Crippen LogP contribution in [0.4, 0.5) is 0 Å². The van der Waals surface area contributed by atoms with Crippen LogP contribution >= 0.6 is 11.3 Å². The average Bonchev–Trinajstić information content (AvgIpc) is 3.13. The highest BCUT2D eigenvalue weighted by Gasteiger charge is 2.23. The summed E-state index contributed by atoms with van der Waals surface area (Å²) in [5.74, 6) is 0.349. The van der Waals surface area contributed by atoms with Crippen molar-refractivity contribution < 1.29 is 14.3 Å². The fraction of sp³-hybridized carbons (Fsp3) is 0.350. The summed E-state index contributed by atoms with van der Waals surface area (Å²) in [6.07, 6.45) is 2.64. The Balaban J connectivity index is 2.08. The van der Waals surface area contributed by atoms with Crippen molar-refractivity contribution in [2.24, 2.45) is 0 Å². The Labute approximate surface area is 161 Å². The zero-order chi connectivity index (χ0) is 19.4. The van der Waals surface area contributed by atoms with Crippen LogP contribution in [0, 0.1) is 0 Å². The number of benzene rings is 1. The Bertz CT molecular complexity index is 991. The van der Waals surface area contributed by atoms with E-state index in [1.54, 1.807) is 7.11 Å². The quantitative estimate of drug-likeness (QED) is 0.573. The van der Waals surface area contributed by atoms with Crippen molar-refractivity contribution in [1.82, 2.24) is 9.55 Å². The molecule has 0 amide bonds. The number of carbonyl (C=O) groups is 1. The molecule has 6 nitrogen and oxygen atoms in total. The third-order valence-corrected chi connectivity index (χ3v) is 5.25. The van der Waals surface area contributed by atoms with Gasteiger partial charge in [-0.15, -0.1) is 11.3 Å². The number of rotatable bonds is 7. The van der Waals surface area contributed by atoms with Crippen molar-refractivity contribution in [2.75, 3.05) is 13.7 Å². The number of hydrogen-bond acceptors (Lipinski definition) is 6. The number of nitrogens with zero attached hydrogens (tertiary/aromatic N) is 2. The first-order valence-electron chi connectivity index (χ1n) is 8.90. The van der Waals surface area contributed by atoms with E-state index >= 15 is 0 Å². The first-order chi connectivity index (χ1) is 13.1. The summed E-state index contributed by atoms with van der Waals surface area (Å²) in [7, 11) is 1.61. The lowest BCUT2D eigenvalue weighted by Crippen LogP contribution is -2.31. The van der Waals surface area contributed by atoms with Crippen LogP contribution in [0.3, 0.4) is 0 Å². The molecule has 0 aliphatic rings. The summed E-state index contributed by atoms with van der Waals surface area (Å²) >= 11 is 1.41. The summed E-state index contributed by atoms with van der Waals surface area (Å²) in [4.78, 5) is 30.6. The molecule has 2 heterocycles. The summed E-state index contributed by atoms with van der Waals surface area (Å²) in [6, 6.07) is 6.84. The normalized spacial score (nSPS) is 12.1. The van der Waals surface area contributed by atoms with Crippen LogP contribution in [0.5, 0.6) is 5.75 Å². The van der Waals surface area contributed by atoms with Gasteiger partial charge in [-0.05, 0) is 30.5 Å². The smallest absolute Gasteiger partial charge is 0.329 e. The number of fused-ring (bicyclic) bond motifs is 1. The van der Waals surface area contributed by atoms with Crippen molar-refractivity contribution in [3.8, 4) is 16.9 Å².